The molecule has 21 heavy (non-hydrogen) atoms. The zero-order valence-corrected chi connectivity index (χ0v) is 13.8. The van der Waals surface area contributed by atoms with Gasteiger partial charge in [-0.15, -0.1) is 0 Å². The van der Waals surface area contributed by atoms with Crippen molar-refractivity contribution >= 4 is 49.3 Å². The van der Waals surface area contributed by atoms with Gasteiger partial charge < -0.3 is 15.7 Å². The summed E-state index contributed by atoms with van der Waals surface area (Å²) in [6.45, 7) is -0.495. The maximum absolute atomic E-state index is 13.5. The van der Waals surface area contributed by atoms with Crippen molar-refractivity contribution in [3.05, 3.63) is 56.7 Å². The molecule has 0 unspecified atom stereocenters. The third kappa shape index (κ3) is 4.26. The van der Waals surface area contributed by atoms with Crippen molar-refractivity contribution in [2.24, 2.45) is 0 Å². The minimum Gasteiger partial charge on any atom is -0.391 e. The number of carbonyl (C=O) groups excluding carboxylic acids is 1. The van der Waals surface area contributed by atoms with Crippen molar-refractivity contribution in [2.75, 3.05) is 10.6 Å². The second-order valence-corrected chi connectivity index (χ2v) is 5.99. The number of amides is 2. The third-order valence-corrected chi connectivity index (χ3v) is 3.56. The highest BCUT2D eigenvalue weighted by Crippen LogP contribution is 2.24. The first-order chi connectivity index (χ1) is 9.99. The number of hydrogen-bond donors (Lipinski definition) is 3. The summed E-state index contributed by atoms with van der Waals surface area (Å²) < 4.78 is 15.1. The summed E-state index contributed by atoms with van der Waals surface area (Å²) in [4.78, 5) is 11.9. The van der Waals surface area contributed by atoms with Gasteiger partial charge in [0.15, 0.2) is 0 Å². The van der Waals surface area contributed by atoms with Crippen molar-refractivity contribution in [3.63, 3.8) is 0 Å². The van der Waals surface area contributed by atoms with Crippen LogP contribution >= 0.6 is 31.9 Å². The SMILES string of the molecule is O=C(Nc1cc(Br)cc(Br)c1)Nc1cccc(F)c1CO. The van der Waals surface area contributed by atoms with Gasteiger partial charge in [0.25, 0.3) is 0 Å². The van der Waals surface area contributed by atoms with Gasteiger partial charge in [0.1, 0.15) is 5.82 Å². The fourth-order valence-electron chi connectivity index (χ4n) is 1.75. The predicted molar refractivity (Wildman–Crippen MR) is 86.8 cm³/mol. The zero-order chi connectivity index (χ0) is 15.4. The van der Waals surface area contributed by atoms with Crippen molar-refractivity contribution < 1.29 is 14.3 Å². The van der Waals surface area contributed by atoms with Crippen LogP contribution in [0.15, 0.2) is 45.3 Å². The van der Waals surface area contributed by atoms with Crippen LogP contribution < -0.4 is 10.6 Å². The van der Waals surface area contributed by atoms with Crippen molar-refractivity contribution in [2.45, 2.75) is 6.61 Å². The van der Waals surface area contributed by atoms with E-state index in [-0.39, 0.29) is 11.3 Å². The topological polar surface area (TPSA) is 61.4 Å². The Labute approximate surface area is 137 Å². The number of urea groups is 1. The molecule has 3 N–H and O–H groups in total. The van der Waals surface area contributed by atoms with E-state index in [1.807, 2.05) is 6.07 Å². The molecule has 0 saturated heterocycles. The highest BCUT2D eigenvalue weighted by Gasteiger charge is 2.10. The Balaban J connectivity index is 2.13. The van der Waals surface area contributed by atoms with E-state index < -0.39 is 18.5 Å². The normalized spacial score (nSPS) is 10.3. The van der Waals surface area contributed by atoms with Gasteiger partial charge in [-0.25, -0.2) is 9.18 Å². The first-order valence-electron chi connectivity index (χ1n) is 5.92. The Hall–Kier alpha value is -1.44. The number of aliphatic hydroxyl groups excluding tert-OH is 1. The lowest BCUT2D eigenvalue weighted by atomic mass is 10.2. The largest absolute Gasteiger partial charge is 0.391 e. The molecule has 2 rings (SSSR count). The third-order valence-electron chi connectivity index (χ3n) is 2.65. The molecule has 0 aliphatic heterocycles. The Morgan fingerprint density at radius 1 is 1.14 bits per heavy atom. The molecule has 0 aliphatic rings. The number of benzene rings is 2. The molecule has 4 nitrogen and oxygen atoms in total. The van der Waals surface area contributed by atoms with Crippen LogP contribution in [0.1, 0.15) is 5.56 Å². The van der Waals surface area contributed by atoms with Crippen LogP contribution in [0, 0.1) is 5.82 Å². The smallest absolute Gasteiger partial charge is 0.323 e. The number of carbonyl (C=O) groups is 1. The molecule has 0 spiro atoms. The van der Waals surface area contributed by atoms with Crippen molar-refractivity contribution in [1.29, 1.82) is 0 Å². The molecule has 2 aromatic rings. The van der Waals surface area contributed by atoms with Crippen LogP contribution in [-0.2, 0) is 6.61 Å². The number of aliphatic hydroxyl groups is 1. The van der Waals surface area contributed by atoms with Crippen molar-refractivity contribution in [1.82, 2.24) is 0 Å². The lowest BCUT2D eigenvalue weighted by Crippen LogP contribution is -2.20. The van der Waals surface area contributed by atoms with Crippen LogP contribution in [0.4, 0.5) is 20.6 Å². The fraction of sp³-hybridized carbons (Fsp3) is 0.0714. The van der Waals surface area contributed by atoms with Gasteiger partial charge in [0, 0.05) is 20.2 Å². The fourth-order valence-corrected chi connectivity index (χ4v) is 3.04. The Morgan fingerprint density at radius 3 is 2.43 bits per heavy atom. The van der Waals surface area contributed by atoms with Crippen LogP contribution in [0.25, 0.3) is 0 Å². The monoisotopic (exact) mass is 416 g/mol. The molecule has 0 radical (unpaired) electrons. The first kappa shape index (κ1) is 15.9. The minimum atomic E-state index is -0.569. The second-order valence-electron chi connectivity index (χ2n) is 4.16. The van der Waals surface area contributed by atoms with Gasteiger partial charge in [-0.05, 0) is 30.3 Å². The molecule has 110 valence electrons. The van der Waals surface area contributed by atoms with Gasteiger partial charge in [0.2, 0.25) is 0 Å². The number of hydrogen-bond acceptors (Lipinski definition) is 2. The summed E-state index contributed by atoms with van der Waals surface area (Å²) in [6.07, 6.45) is 0. The highest BCUT2D eigenvalue weighted by molar-refractivity contribution is 9.11. The summed E-state index contributed by atoms with van der Waals surface area (Å²) in [5.41, 5.74) is 0.836. The second kappa shape index (κ2) is 7.02. The summed E-state index contributed by atoms with van der Waals surface area (Å²) in [5, 5.41) is 14.3. The molecule has 0 bridgehead atoms. The van der Waals surface area contributed by atoms with E-state index in [2.05, 4.69) is 42.5 Å². The average molecular weight is 418 g/mol. The average Bonchev–Trinajstić information content (AvgIpc) is 2.37. The zero-order valence-electron chi connectivity index (χ0n) is 10.7. The minimum absolute atomic E-state index is 0.0445. The van der Waals surface area contributed by atoms with E-state index in [0.717, 1.165) is 8.95 Å². The Bertz CT molecular complexity index is 660. The van der Waals surface area contributed by atoms with Gasteiger partial charge in [-0.1, -0.05) is 37.9 Å². The molecule has 0 saturated carbocycles. The Morgan fingerprint density at radius 2 is 1.81 bits per heavy atom. The molecule has 0 heterocycles. The highest BCUT2D eigenvalue weighted by atomic mass is 79.9. The maximum Gasteiger partial charge on any atom is 0.323 e. The van der Waals surface area contributed by atoms with E-state index in [0.29, 0.717) is 5.69 Å². The van der Waals surface area contributed by atoms with Gasteiger partial charge in [0.05, 0.1) is 12.3 Å². The Kier molecular flexibility index (Phi) is 5.33. The molecule has 2 aromatic carbocycles. The van der Waals surface area contributed by atoms with Crippen LogP contribution in [0.3, 0.4) is 0 Å². The van der Waals surface area contributed by atoms with Crippen LogP contribution in [0.2, 0.25) is 0 Å². The number of anilines is 2. The number of nitrogens with one attached hydrogen (secondary N) is 2. The summed E-state index contributed by atoms with van der Waals surface area (Å²) >= 11 is 6.64. The summed E-state index contributed by atoms with van der Waals surface area (Å²) in [5.74, 6) is -0.569. The summed E-state index contributed by atoms with van der Waals surface area (Å²) in [6, 6.07) is 8.95. The van der Waals surface area contributed by atoms with E-state index in [1.165, 1.54) is 18.2 Å². The molecule has 7 heteroatoms. The van der Waals surface area contributed by atoms with Gasteiger partial charge >= 0.3 is 6.03 Å². The lowest BCUT2D eigenvalue weighted by molar-refractivity contribution is 0.261. The standard InChI is InChI=1S/C14H11Br2FN2O2/c15-8-4-9(16)6-10(5-8)18-14(21)19-13-3-1-2-12(17)11(13)7-20/h1-6,20H,7H2,(H2,18,19,21). The van der Waals surface area contributed by atoms with E-state index in [9.17, 15) is 9.18 Å². The van der Waals surface area contributed by atoms with Crippen molar-refractivity contribution in [3.8, 4) is 0 Å². The molecular weight excluding hydrogens is 407 g/mol. The molecule has 0 fully saturated rings. The molecule has 0 aliphatic carbocycles. The van der Waals surface area contributed by atoms with Gasteiger partial charge in [-0.2, -0.15) is 0 Å². The summed E-state index contributed by atoms with van der Waals surface area (Å²) in [7, 11) is 0. The molecule has 2 amide bonds. The quantitative estimate of drug-likeness (QED) is 0.689. The van der Waals surface area contributed by atoms with E-state index in [1.54, 1.807) is 12.1 Å². The van der Waals surface area contributed by atoms with Crippen LogP contribution in [-0.4, -0.2) is 11.1 Å². The van der Waals surface area contributed by atoms with E-state index >= 15 is 0 Å². The van der Waals surface area contributed by atoms with Crippen LogP contribution in [0.5, 0.6) is 0 Å². The lowest BCUT2D eigenvalue weighted by Gasteiger charge is -2.11. The van der Waals surface area contributed by atoms with E-state index in [4.69, 9.17) is 5.11 Å². The predicted octanol–water partition coefficient (Wildman–Crippen LogP) is 4.49. The molecular formula is C14H11Br2FN2O2. The maximum atomic E-state index is 13.5. The van der Waals surface area contributed by atoms with Gasteiger partial charge in [-0.3, -0.25) is 0 Å². The number of rotatable bonds is 3. The molecule has 0 atom stereocenters. The molecule has 0 aromatic heterocycles. The number of halogens is 3. The first-order valence-corrected chi connectivity index (χ1v) is 7.50.